The van der Waals surface area contributed by atoms with Gasteiger partial charge in [-0.05, 0) is 76.4 Å². The first-order chi connectivity index (χ1) is 20.9. The van der Waals surface area contributed by atoms with Crippen molar-refractivity contribution in [3.63, 3.8) is 0 Å². The number of nitrogens with zero attached hydrogens (tertiary/aromatic N) is 1. The van der Waals surface area contributed by atoms with E-state index >= 15 is 0 Å². The molecule has 0 radical (unpaired) electrons. The standard InChI is InChI=1S/C34H33N2O5PS/c1-41-27-14-11-23(12-15-27)24-16-18-36(19-17-24)34(38)32-31(28-8-4-5-9-30(28)43-32)29(21-42(39)40)33(37)35-26-13-10-22-6-2-3-7-25(22)20-26/h2-15,20,24,29,42H,16-19,21H2,1H3,(H,35,37)(H,39,40). The molecule has 9 heteroatoms. The van der Waals surface area contributed by atoms with Crippen molar-refractivity contribution in [3.8, 4) is 5.75 Å². The summed E-state index contributed by atoms with van der Waals surface area (Å²) in [5.74, 6) is -0.338. The van der Waals surface area contributed by atoms with E-state index in [-0.39, 0.29) is 12.1 Å². The van der Waals surface area contributed by atoms with Gasteiger partial charge in [-0.1, -0.05) is 60.7 Å². The Balaban J connectivity index is 1.29. The summed E-state index contributed by atoms with van der Waals surface area (Å²) in [6.45, 7) is 1.18. The molecule has 2 unspecified atom stereocenters. The maximum atomic E-state index is 14.1. The highest BCUT2D eigenvalue weighted by molar-refractivity contribution is 7.38. The third kappa shape index (κ3) is 6.23. The predicted molar refractivity (Wildman–Crippen MR) is 174 cm³/mol. The van der Waals surface area contributed by atoms with Crippen molar-refractivity contribution >= 4 is 57.7 Å². The maximum absolute atomic E-state index is 14.1. The number of hydrogen-bond acceptors (Lipinski definition) is 5. The Kier molecular flexibility index (Phi) is 8.61. The van der Waals surface area contributed by atoms with Crippen LogP contribution >= 0.6 is 19.4 Å². The van der Waals surface area contributed by atoms with Gasteiger partial charge in [-0.3, -0.25) is 14.2 Å². The lowest BCUT2D eigenvalue weighted by Crippen LogP contribution is -2.38. The highest BCUT2D eigenvalue weighted by Gasteiger charge is 2.34. The van der Waals surface area contributed by atoms with Crippen LogP contribution in [-0.4, -0.2) is 48.0 Å². The summed E-state index contributed by atoms with van der Waals surface area (Å²) in [5.41, 5.74) is 2.36. The lowest BCUT2D eigenvalue weighted by Gasteiger charge is -2.32. The summed E-state index contributed by atoms with van der Waals surface area (Å²) in [5, 5.41) is 5.76. The molecule has 4 aromatic carbocycles. The topological polar surface area (TPSA) is 95.9 Å². The number of methoxy groups -OCH3 is 1. The zero-order valence-electron chi connectivity index (χ0n) is 23.8. The minimum atomic E-state index is -3.05. The van der Waals surface area contributed by atoms with Crippen LogP contribution in [0.5, 0.6) is 5.75 Å². The van der Waals surface area contributed by atoms with Gasteiger partial charge in [-0.15, -0.1) is 11.3 Å². The van der Waals surface area contributed by atoms with Gasteiger partial charge in [0.25, 0.3) is 5.91 Å². The molecule has 5 aromatic rings. The molecule has 1 fully saturated rings. The lowest BCUT2D eigenvalue weighted by molar-refractivity contribution is -0.117. The number of carbonyl (C=O) groups is 2. The molecule has 43 heavy (non-hydrogen) atoms. The van der Waals surface area contributed by atoms with E-state index in [1.54, 1.807) is 7.11 Å². The van der Waals surface area contributed by atoms with Gasteiger partial charge in [-0.2, -0.15) is 0 Å². The number of fused-ring (bicyclic) bond motifs is 2. The summed E-state index contributed by atoms with van der Waals surface area (Å²) >= 11 is 1.35. The average Bonchev–Trinajstić information content (AvgIpc) is 3.42. The third-order valence-corrected chi connectivity index (χ3v) is 10.2. The minimum Gasteiger partial charge on any atom is -0.497 e. The van der Waals surface area contributed by atoms with Gasteiger partial charge >= 0.3 is 0 Å². The monoisotopic (exact) mass is 612 g/mol. The minimum absolute atomic E-state index is 0.134. The fraction of sp³-hybridized carbons (Fsp3) is 0.235. The van der Waals surface area contributed by atoms with Crippen LogP contribution in [0.4, 0.5) is 5.69 Å². The van der Waals surface area contributed by atoms with Crippen LogP contribution in [0.2, 0.25) is 0 Å². The van der Waals surface area contributed by atoms with Crippen LogP contribution < -0.4 is 10.1 Å². The molecule has 0 spiro atoms. The van der Waals surface area contributed by atoms with E-state index < -0.39 is 19.9 Å². The molecule has 2 heterocycles. The molecular formula is C34H33N2O5PS. The van der Waals surface area contributed by atoms with E-state index in [4.69, 9.17) is 4.74 Å². The largest absolute Gasteiger partial charge is 0.497 e. The zero-order valence-corrected chi connectivity index (χ0v) is 25.6. The number of anilines is 1. The van der Waals surface area contributed by atoms with E-state index in [1.807, 2.05) is 83.8 Å². The second-order valence-electron chi connectivity index (χ2n) is 10.9. The number of amides is 2. The first-order valence-electron chi connectivity index (χ1n) is 14.4. The molecular weight excluding hydrogens is 579 g/mol. The number of carbonyl (C=O) groups excluding carboxylic acids is 2. The zero-order chi connectivity index (χ0) is 29.9. The maximum Gasteiger partial charge on any atom is 0.264 e. The number of likely N-dealkylation sites (tertiary alicyclic amines) is 1. The first kappa shape index (κ1) is 29.1. The summed E-state index contributed by atoms with van der Waals surface area (Å²) in [4.78, 5) is 40.3. The fourth-order valence-corrected chi connectivity index (χ4v) is 7.97. The van der Waals surface area contributed by atoms with Crippen LogP contribution in [0.15, 0.2) is 91.0 Å². The van der Waals surface area contributed by atoms with E-state index in [9.17, 15) is 19.0 Å². The summed E-state index contributed by atoms with van der Waals surface area (Å²) in [6, 6.07) is 29.2. The van der Waals surface area contributed by atoms with Gasteiger partial charge in [-0.25, -0.2) is 0 Å². The van der Waals surface area contributed by atoms with Crippen LogP contribution in [0.25, 0.3) is 20.9 Å². The quantitative estimate of drug-likeness (QED) is 0.180. The van der Waals surface area contributed by atoms with Crippen LogP contribution in [0, 0.1) is 0 Å². The number of ether oxygens (including phenoxy) is 1. The predicted octanol–water partition coefficient (Wildman–Crippen LogP) is 7.27. The van der Waals surface area contributed by atoms with Crippen LogP contribution in [0.3, 0.4) is 0 Å². The summed E-state index contributed by atoms with van der Waals surface area (Å²) in [7, 11) is -1.39. The summed E-state index contributed by atoms with van der Waals surface area (Å²) < 4.78 is 18.4. The Morgan fingerprint density at radius 1 is 0.977 bits per heavy atom. The molecule has 0 bridgehead atoms. The highest BCUT2D eigenvalue weighted by atomic mass is 32.1. The van der Waals surface area contributed by atoms with Gasteiger partial charge in [0.1, 0.15) is 5.75 Å². The normalized spacial score (nSPS) is 15.3. The molecule has 1 aromatic heterocycles. The molecule has 1 aliphatic heterocycles. The molecule has 2 atom stereocenters. The van der Waals surface area contributed by atoms with Crippen molar-refractivity contribution in [2.75, 3.05) is 31.7 Å². The molecule has 6 rings (SSSR count). The van der Waals surface area contributed by atoms with Gasteiger partial charge in [0.05, 0.1) is 17.9 Å². The van der Waals surface area contributed by atoms with E-state index in [2.05, 4.69) is 17.4 Å². The molecule has 0 aliphatic carbocycles. The SMILES string of the molecule is COc1ccc(C2CCN(C(=O)c3sc4ccccc4c3C(C[PH](=O)O)C(=O)Nc3ccc4ccccc4c3)CC2)cc1. The molecule has 7 nitrogen and oxygen atoms in total. The number of piperidine rings is 1. The van der Waals surface area contributed by atoms with Crippen molar-refractivity contribution in [1.82, 2.24) is 4.90 Å². The molecule has 2 N–H and O–H groups in total. The second kappa shape index (κ2) is 12.7. The van der Waals surface area contributed by atoms with E-state index in [0.29, 0.717) is 35.1 Å². The first-order valence-corrected chi connectivity index (χ1v) is 16.8. The molecule has 0 saturated carbocycles. The lowest BCUT2D eigenvalue weighted by atomic mass is 9.89. The summed E-state index contributed by atoms with van der Waals surface area (Å²) in [6.07, 6.45) is 1.41. The highest BCUT2D eigenvalue weighted by Crippen LogP contribution is 2.41. The number of thiophene rings is 1. The van der Waals surface area contributed by atoms with Crippen molar-refractivity contribution in [3.05, 3.63) is 107 Å². The molecule has 220 valence electrons. The van der Waals surface area contributed by atoms with Gasteiger partial charge in [0.15, 0.2) is 8.03 Å². The third-order valence-electron chi connectivity index (χ3n) is 8.26. The fourth-order valence-electron chi connectivity index (χ4n) is 6.00. The number of benzene rings is 4. The second-order valence-corrected chi connectivity index (χ2v) is 13.1. The number of nitrogens with one attached hydrogen (secondary N) is 1. The average molecular weight is 613 g/mol. The molecule has 2 amide bonds. The Morgan fingerprint density at radius 3 is 2.40 bits per heavy atom. The number of rotatable bonds is 8. The van der Waals surface area contributed by atoms with Crippen molar-refractivity contribution in [2.24, 2.45) is 0 Å². The Bertz CT molecular complexity index is 1810. The van der Waals surface area contributed by atoms with Crippen molar-refractivity contribution in [2.45, 2.75) is 24.7 Å². The van der Waals surface area contributed by atoms with Crippen LogP contribution in [0.1, 0.15) is 45.5 Å². The molecule has 1 saturated heterocycles. The van der Waals surface area contributed by atoms with Crippen molar-refractivity contribution in [1.29, 1.82) is 0 Å². The van der Waals surface area contributed by atoms with E-state index in [1.165, 1.54) is 16.9 Å². The van der Waals surface area contributed by atoms with Crippen molar-refractivity contribution < 1.29 is 23.8 Å². The van der Waals surface area contributed by atoms with Crippen LogP contribution in [-0.2, 0) is 9.36 Å². The Morgan fingerprint density at radius 2 is 1.67 bits per heavy atom. The van der Waals surface area contributed by atoms with Gasteiger partial charge in [0.2, 0.25) is 5.91 Å². The Labute approximate surface area is 255 Å². The smallest absolute Gasteiger partial charge is 0.264 e. The van der Waals surface area contributed by atoms with Gasteiger partial charge in [0, 0.05) is 29.6 Å². The molecule has 1 aliphatic rings. The number of hydrogen-bond donors (Lipinski definition) is 2. The van der Waals surface area contributed by atoms with E-state index in [0.717, 1.165) is 39.4 Å². The van der Waals surface area contributed by atoms with Gasteiger partial charge < -0.3 is 19.8 Å². The Hall–Kier alpha value is -3.97.